The molecular weight excluding hydrogens is 264 g/mol. The van der Waals surface area contributed by atoms with Crippen LogP contribution in [0.25, 0.3) is 0 Å². The summed E-state index contributed by atoms with van der Waals surface area (Å²) in [4.78, 5) is 18.5. The molecule has 0 aromatic carbocycles. The van der Waals surface area contributed by atoms with Crippen molar-refractivity contribution in [3.05, 3.63) is 27.9 Å². The number of piperazine rings is 1. The topological polar surface area (TPSA) is 121 Å². The highest BCUT2D eigenvalue weighted by Gasteiger charge is 2.22. The number of aromatic nitrogens is 1. The number of amidine groups is 1. The summed E-state index contributed by atoms with van der Waals surface area (Å²) in [6.07, 6.45) is 1.18. The van der Waals surface area contributed by atoms with Crippen molar-refractivity contribution in [2.24, 2.45) is 10.9 Å². The predicted octanol–water partition coefficient (Wildman–Crippen LogP) is -0.164. The summed E-state index contributed by atoms with van der Waals surface area (Å²) in [6, 6.07) is 1.27. The maximum atomic E-state index is 10.8. The molecule has 9 heteroatoms. The van der Waals surface area contributed by atoms with Gasteiger partial charge >= 0.3 is 0 Å². The van der Waals surface area contributed by atoms with Crippen LogP contribution in [-0.4, -0.2) is 59.1 Å². The van der Waals surface area contributed by atoms with E-state index < -0.39 is 4.92 Å². The first-order valence-corrected chi connectivity index (χ1v) is 6.08. The minimum Gasteiger partial charge on any atom is -0.409 e. The van der Waals surface area contributed by atoms with Gasteiger partial charge in [-0.1, -0.05) is 5.16 Å². The van der Waals surface area contributed by atoms with Gasteiger partial charge < -0.3 is 20.7 Å². The van der Waals surface area contributed by atoms with Gasteiger partial charge in [-0.25, -0.2) is 4.98 Å². The number of hydrogen-bond donors (Lipinski definition) is 2. The van der Waals surface area contributed by atoms with Crippen molar-refractivity contribution in [1.82, 2.24) is 9.88 Å². The van der Waals surface area contributed by atoms with E-state index in [4.69, 9.17) is 10.9 Å². The van der Waals surface area contributed by atoms with Crippen molar-refractivity contribution in [3.8, 4) is 0 Å². The smallest absolute Gasteiger partial charge is 0.288 e. The van der Waals surface area contributed by atoms with Crippen LogP contribution in [0.1, 0.15) is 5.56 Å². The third-order valence-electron chi connectivity index (χ3n) is 3.25. The molecule has 1 aromatic heterocycles. The van der Waals surface area contributed by atoms with Crippen molar-refractivity contribution >= 4 is 17.3 Å². The standard InChI is InChI=1S/C11H16N6O3/c1-15-2-4-16(5-3-15)11-9(10(12)14-18)6-8(7-13-11)17(19)20/h6-7,18H,2-5H2,1H3,(H2,12,14). The first-order chi connectivity index (χ1) is 9.52. The number of rotatable bonds is 3. The van der Waals surface area contributed by atoms with E-state index in [2.05, 4.69) is 15.0 Å². The largest absolute Gasteiger partial charge is 0.409 e. The minimum atomic E-state index is -0.561. The second kappa shape index (κ2) is 5.70. The molecule has 0 atom stereocenters. The van der Waals surface area contributed by atoms with Gasteiger partial charge in [0, 0.05) is 32.2 Å². The zero-order chi connectivity index (χ0) is 14.7. The Morgan fingerprint density at radius 2 is 2.15 bits per heavy atom. The van der Waals surface area contributed by atoms with Crippen LogP contribution in [-0.2, 0) is 0 Å². The number of nitrogens with two attached hydrogens (primary N) is 1. The lowest BCUT2D eigenvalue weighted by molar-refractivity contribution is -0.385. The molecule has 0 aliphatic carbocycles. The van der Waals surface area contributed by atoms with Crippen LogP contribution < -0.4 is 10.6 Å². The number of likely N-dealkylation sites (N-methyl/N-ethyl adjacent to an activating group) is 1. The van der Waals surface area contributed by atoms with Crippen LogP contribution in [0.2, 0.25) is 0 Å². The first kappa shape index (κ1) is 14.0. The number of hydrogen-bond acceptors (Lipinski definition) is 7. The van der Waals surface area contributed by atoms with E-state index >= 15 is 0 Å². The molecule has 108 valence electrons. The van der Waals surface area contributed by atoms with Crippen molar-refractivity contribution in [1.29, 1.82) is 0 Å². The Kier molecular flexibility index (Phi) is 3.99. The molecule has 1 aliphatic heterocycles. The maximum absolute atomic E-state index is 10.8. The van der Waals surface area contributed by atoms with E-state index in [9.17, 15) is 10.1 Å². The van der Waals surface area contributed by atoms with Crippen LogP contribution in [0, 0.1) is 10.1 Å². The van der Waals surface area contributed by atoms with Crippen LogP contribution in [0.15, 0.2) is 17.4 Å². The lowest BCUT2D eigenvalue weighted by atomic mass is 10.2. The molecule has 2 heterocycles. The van der Waals surface area contributed by atoms with Crippen molar-refractivity contribution in [2.75, 3.05) is 38.1 Å². The Bertz CT molecular complexity index is 539. The molecule has 1 aliphatic rings. The Morgan fingerprint density at radius 1 is 1.50 bits per heavy atom. The van der Waals surface area contributed by atoms with Crippen LogP contribution in [0.3, 0.4) is 0 Å². The zero-order valence-corrected chi connectivity index (χ0v) is 11.1. The monoisotopic (exact) mass is 280 g/mol. The van der Waals surface area contributed by atoms with Gasteiger partial charge in [0.05, 0.1) is 10.5 Å². The van der Waals surface area contributed by atoms with Gasteiger partial charge in [-0.05, 0) is 7.05 Å². The number of nitro groups is 1. The van der Waals surface area contributed by atoms with Gasteiger partial charge in [-0.15, -0.1) is 0 Å². The lowest BCUT2D eigenvalue weighted by Crippen LogP contribution is -2.45. The highest BCUT2D eigenvalue weighted by Crippen LogP contribution is 2.23. The molecule has 0 amide bonds. The van der Waals surface area contributed by atoms with Crippen LogP contribution in [0.5, 0.6) is 0 Å². The summed E-state index contributed by atoms with van der Waals surface area (Å²) in [6.45, 7) is 3.17. The van der Waals surface area contributed by atoms with E-state index in [0.29, 0.717) is 5.82 Å². The number of nitrogens with zero attached hydrogens (tertiary/aromatic N) is 5. The molecule has 3 N–H and O–H groups in total. The summed E-state index contributed by atoms with van der Waals surface area (Å²) >= 11 is 0. The van der Waals surface area contributed by atoms with Crippen molar-refractivity contribution in [2.45, 2.75) is 0 Å². The molecule has 0 spiro atoms. The second-order valence-corrected chi connectivity index (χ2v) is 4.60. The molecule has 9 nitrogen and oxygen atoms in total. The Morgan fingerprint density at radius 3 is 2.70 bits per heavy atom. The van der Waals surface area contributed by atoms with E-state index in [1.807, 2.05) is 11.9 Å². The summed E-state index contributed by atoms with van der Waals surface area (Å²) in [5.41, 5.74) is 5.68. The van der Waals surface area contributed by atoms with Crippen LogP contribution >= 0.6 is 0 Å². The molecule has 20 heavy (non-hydrogen) atoms. The van der Waals surface area contributed by atoms with Gasteiger partial charge in [-0.2, -0.15) is 0 Å². The molecule has 2 rings (SSSR count). The van der Waals surface area contributed by atoms with Crippen LogP contribution in [0.4, 0.5) is 11.5 Å². The summed E-state index contributed by atoms with van der Waals surface area (Å²) in [5.74, 6) is 0.314. The molecule has 1 fully saturated rings. The van der Waals surface area contributed by atoms with Crippen molar-refractivity contribution in [3.63, 3.8) is 0 Å². The average molecular weight is 280 g/mol. The van der Waals surface area contributed by atoms with Gasteiger partial charge in [0.15, 0.2) is 5.84 Å². The number of anilines is 1. The van der Waals surface area contributed by atoms with Crippen molar-refractivity contribution < 1.29 is 10.1 Å². The highest BCUT2D eigenvalue weighted by molar-refractivity contribution is 6.02. The quantitative estimate of drug-likeness (QED) is 0.259. The highest BCUT2D eigenvalue weighted by atomic mass is 16.6. The lowest BCUT2D eigenvalue weighted by Gasteiger charge is -2.33. The fraction of sp³-hybridized carbons (Fsp3) is 0.455. The zero-order valence-electron chi connectivity index (χ0n) is 11.1. The molecule has 0 radical (unpaired) electrons. The van der Waals surface area contributed by atoms with E-state index in [-0.39, 0.29) is 17.1 Å². The fourth-order valence-electron chi connectivity index (χ4n) is 2.06. The SMILES string of the molecule is CN1CCN(c2ncc([N+](=O)[O-])cc2C(N)=NO)CC1. The first-order valence-electron chi connectivity index (χ1n) is 6.08. The molecule has 1 saturated heterocycles. The van der Waals surface area contributed by atoms with E-state index in [0.717, 1.165) is 26.2 Å². The average Bonchev–Trinajstić information content (AvgIpc) is 2.46. The van der Waals surface area contributed by atoms with Gasteiger partial charge in [0.2, 0.25) is 0 Å². The van der Waals surface area contributed by atoms with E-state index in [1.165, 1.54) is 12.3 Å². The summed E-state index contributed by atoms with van der Waals surface area (Å²) in [5, 5.41) is 22.5. The Hall–Kier alpha value is -2.42. The minimum absolute atomic E-state index is 0.185. The summed E-state index contributed by atoms with van der Waals surface area (Å²) in [7, 11) is 2.02. The summed E-state index contributed by atoms with van der Waals surface area (Å²) < 4.78 is 0. The third-order valence-corrected chi connectivity index (χ3v) is 3.25. The third kappa shape index (κ3) is 2.77. The number of pyridine rings is 1. The molecule has 1 aromatic rings. The van der Waals surface area contributed by atoms with Gasteiger partial charge in [0.1, 0.15) is 12.0 Å². The van der Waals surface area contributed by atoms with Gasteiger partial charge in [0.25, 0.3) is 5.69 Å². The number of oxime groups is 1. The molecule has 0 bridgehead atoms. The molecule has 0 unspecified atom stereocenters. The molecular formula is C11H16N6O3. The second-order valence-electron chi connectivity index (χ2n) is 4.60. The Labute approximate surface area is 115 Å². The normalized spacial score (nSPS) is 17.2. The Balaban J connectivity index is 2.39. The van der Waals surface area contributed by atoms with E-state index in [1.54, 1.807) is 0 Å². The van der Waals surface area contributed by atoms with Gasteiger partial charge in [-0.3, -0.25) is 10.1 Å². The maximum Gasteiger partial charge on any atom is 0.288 e. The fourth-order valence-corrected chi connectivity index (χ4v) is 2.06. The predicted molar refractivity (Wildman–Crippen MR) is 73.1 cm³/mol. The molecule has 0 saturated carbocycles.